The molecule has 1 aromatic rings. The van der Waals surface area contributed by atoms with Gasteiger partial charge in [-0.05, 0) is 43.0 Å². The fourth-order valence-electron chi connectivity index (χ4n) is 2.66. The Hall–Kier alpha value is -2.37. The molecular weight excluding hydrogens is 298 g/mol. The van der Waals surface area contributed by atoms with Gasteiger partial charge in [-0.2, -0.15) is 0 Å². The van der Waals surface area contributed by atoms with Crippen molar-refractivity contribution >= 4 is 23.5 Å². The molecule has 23 heavy (non-hydrogen) atoms. The molecule has 0 unspecified atom stereocenters. The largest absolute Gasteiger partial charge is 0.465 e. The van der Waals surface area contributed by atoms with Crippen LogP contribution in [-0.2, 0) is 19.1 Å². The van der Waals surface area contributed by atoms with Crippen molar-refractivity contribution in [1.82, 2.24) is 0 Å². The van der Waals surface area contributed by atoms with Gasteiger partial charge in [0.25, 0.3) is 5.91 Å². The van der Waals surface area contributed by atoms with E-state index in [-0.39, 0.29) is 12.6 Å². The van der Waals surface area contributed by atoms with Gasteiger partial charge in [0, 0.05) is 12.1 Å². The van der Waals surface area contributed by atoms with Crippen LogP contribution in [0.25, 0.3) is 0 Å². The molecule has 0 spiro atoms. The zero-order valence-electron chi connectivity index (χ0n) is 13.2. The molecule has 1 aliphatic rings. The lowest BCUT2D eigenvalue weighted by atomic mass is 10.1. The van der Waals surface area contributed by atoms with Gasteiger partial charge in [0.15, 0.2) is 6.61 Å². The Kier molecular flexibility index (Phi) is 6.14. The lowest BCUT2D eigenvalue weighted by molar-refractivity contribution is -0.148. The van der Waals surface area contributed by atoms with Gasteiger partial charge in [0.2, 0.25) is 0 Å². The molecule has 0 radical (unpaired) electrons. The second-order valence-corrected chi connectivity index (χ2v) is 5.63. The molecule has 1 fully saturated rings. The highest BCUT2D eigenvalue weighted by Crippen LogP contribution is 2.27. The number of rotatable bonds is 6. The molecule has 0 aliphatic heterocycles. The number of carbonyl (C=O) groups is 3. The molecule has 1 saturated carbocycles. The van der Waals surface area contributed by atoms with Crippen LogP contribution in [0, 0.1) is 5.92 Å². The van der Waals surface area contributed by atoms with E-state index in [0.717, 1.165) is 12.8 Å². The number of nitrogens with one attached hydrogen (secondary N) is 1. The first-order chi connectivity index (χ1) is 11.1. The summed E-state index contributed by atoms with van der Waals surface area (Å²) < 4.78 is 9.59. The molecule has 0 aromatic heterocycles. The van der Waals surface area contributed by atoms with Crippen molar-refractivity contribution in [3.63, 3.8) is 0 Å². The Balaban J connectivity index is 1.73. The molecule has 124 valence electrons. The minimum Gasteiger partial charge on any atom is -0.465 e. The van der Waals surface area contributed by atoms with E-state index in [0.29, 0.717) is 23.6 Å². The Labute approximate surface area is 135 Å². The van der Waals surface area contributed by atoms with E-state index in [1.165, 1.54) is 20.0 Å². The predicted octanol–water partition coefficient (Wildman–Crippen LogP) is 2.54. The van der Waals surface area contributed by atoms with Gasteiger partial charge in [-0.3, -0.25) is 9.59 Å². The maximum atomic E-state index is 11.7. The molecule has 2 rings (SSSR count). The lowest BCUT2D eigenvalue weighted by Crippen LogP contribution is -2.21. The average molecular weight is 319 g/mol. The fourth-order valence-corrected chi connectivity index (χ4v) is 2.66. The number of methoxy groups -OCH3 is 1. The summed E-state index contributed by atoms with van der Waals surface area (Å²) in [4.78, 5) is 34.7. The van der Waals surface area contributed by atoms with Crippen LogP contribution in [0.3, 0.4) is 0 Å². The molecule has 6 nitrogen and oxygen atoms in total. The second kappa shape index (κ2) is 8.31. The van der Waals surface area contributed by atoms with Crippen molar-refractivity contribution in [3.8, 4) is 0 Å². The Morgan fingerprint density at radius 1 is 1.13 bits per heavy atom. The van der Waals surface area contributed by atoms with E-state index < -0.39 is 11.9 Å². The van der Waals surface area contributed by atoms with E-state index in [2.05, 4.69) is 10.1 Å². The molecule has 1 amide bonds. The number of benzene rings is 1. The van der Waals surface area contributed by atoms with Crippen molar-refractivity contribution in [2.75, 3.05) is 19.0 Å². The van der Waals surface area contributed by atoms with E-state index in [9.17, 15) is 14.4 Å². The molecule has 1 aromatic carbocycles. The smallest absolute Gasteiger partial charge is 0.337 e. The van der Waals surface area contributed by atoms with Crippen LogP contribution >= 0.6 is 0 Å². The summed E-state index contributed by atoms with van der Waals surface area (Å²) in [6.07, 6.45) is 4.85. The number of amides is 1. The summed E-state index contributed by atoms with van der Waals surface area (Å²) in [5.41, 5.74) is 0.919. The maximum Gasteiger partial charge on any atom is 0.337 e. The molecule has 1 aliphatic carbocycles. The van der Waals surface area contributed by atoms with Crippen LogP contribution in [-0.4, -0.2) is 31.6 Å². The summed E-state index contributed by atoms with van der Waals surface area (Å²) in [5.74, 6) is -0.774. The maximum absolute atomic E-state index is 11.7. The average Bonchev–Trinajstić information content (AvgIpc) is 3.06. The minimum atomic E-state index is -0.441. The Bertz CT molecular complexity index is 561. The summed E-state index contributed by atoms with van der Waals surface area (Å²) in [5, 5.41) is 2.61. The van der Waals surface area contributed by atoms with Crippen molar-refractivity contribution in [3.05, 3.63) is 29.8 Å². The monoisotopic (exact) mass is 319 g/mol. The lowest BCUT2D eigenvalue weighted by Gasteiger charge is -2.09. The topological polar surface area (TPSA) is 81.7 Å². The number of ether oxygens (including phenoxy) is 2. The van der Waals surface area contributed by atoms with Crippen molar-refractivity contribution in [1.29, 1.82) is 0 Å². The van der Waals surface area contributed by atoms with E-state index >= 15 is 0 Å². The summed E-state index contributed by atoms with van der Waals surface area (Å²) in [7, 11) is 1.30. The van der Waals surface area contributed by atoms with Crippen LogP contribution in [0.1, 0.15) is 42.5 Å². The number of hydrogen-bond acceptors (Lipinski definition) is 5. The minimum absolute atomic E-state index is 0.301. The zero-order chi connectivity index (χ0) is 16.7. The Morgan fingerprint density at radius 2 is 1.78 bits per heavy atom. The molecule has 6 heteroatoms. The van der Waals surface area contributed by atoms with Crippen molar-refractivity contribution in [2.45, 2.75) is 32.1 Å². The first-order valence-electron chi connectivity index (χ1n) is 7.72. The third-order valence-electron chi connectivity index (χ3n) is 3.88. The van der Waals surface area contributed by atoms with Crippen LogP contribution in [0.4, 0.5) is 5.69 Å². The second-order valence-electron chi connectivity index (χ2n) is 5.63. The van der Waals surface area contributed by atoms with Gasteiger partial charge >= 0.3 is 11.9 Å². The van der Waals surface area contributed by atoms with Gasteiger partial charge in [-0.15, -0.1) is 0 Å². The molecule has 0 heterocycles. The zero-order valence-corrected chi connectivity index (χ0v) is 13.2. The van der Waals surface area contributed by atoms with E-state index in [1.807, 2.05) is 0 Å². The van der Waals surface area contributed by atoms with Gasteiger partial charge in [0.05, 0.1) is 12.7 Å². The van der Waals surface area contributed by atoms with Gasteiger partial charge in [-0.25, -0.2) is 4.79 Å². The molecule has 0 atom stereocenters. The highest BCUT2D eigenvalue weighted by molar-refractivity contribution is 5.94. The predicted molar refractivity (Wildman–Crippen MR) is 83.9 cm³/mol. The van der Waals surface area contributed by atoms with Crippen LogP contribution in [0.5, 0.6) is 0 Å². The van der Waals surface area contributed by atoms with E-state index in [1.54, 1.807) is 24.3 Å². The first-order valence-corrected chi connectivity index (χ1v) is 7.72. The first kappa shape index (κ1) is 17.0. The number of anilines is 1. The normalized spacial score (nSPS) is 14.3. The summed E-state index contributed by atoms with van der Waals surface area (Å²) >= 11 is 0. The van der Waals surface area contributed by atoms with Gasteiger partial charge in [0.1, 0.15) is 0 Å². The third-order valence-corrected chi connectivity index (χ3v) is 3.88. The fraction of sp³-hybridized carbons (Fsp3) is 0.471. The van der Waals surface area contributed by atoms with E-state index in [4.69, 9.17) is 4.74 Å². The molecule has 0 bridgehead atoms. The van der Waals surface area contributed by atoms with Crippen LogP contribution < -0.4 is 5.32 Å². The number of carbonyl (C=O) groups excluding carboxylic acids is 3. The highest BCUT2D eigenvalue weighted by Gasteiger charge is 2.19. The molecule has 0 saturated heterocycles. The summed E-state index contributed by atoms with van der Waals surface area (Å²) in [6, 6.07) is 6.27. The SMILES string of the molecule is COC(=O)c1ccc(NC(=O)COC(=O)CC2CCCC2)cc1. The quantitative estimate of drug-likeness (QED) is 0.815. The van der Waals surface area contributed by atoms with Crippen LogP contribution in [0.2, 0.25) is 0 Å². The standard InChI is InChI=1S/C17H21NO5/c1-22-17(21)13-6-8-14(9-7-13)18-15(19)11-23-16(20)10-12-4-2-3-5-12/h6-9,12H,2-5,10-11H2,1H3,(H,18,19). The number of hydrogen-bond donors (Lipinski definition) is 1. The van der Waals surface area contributed by atoms with Crippen LogP contribution in [0.15, 0.2) is 24.3 Å². The molecular formula is C17H21NO5. The molecule has 1 N–H and O–H groups in total. The van der Waals surface area contributed by atoms with Crippen molar-refractivity contribution < 1.29 is 23.9 Å². The van der Waals surface area contributed by atoms with Gasteiger partial charge < -0.3 is 14.8 Å². The van der Waals surface area contributed by atoms with Crippen molar-refractivity contribution in [2.24, 2.45) is 5.92 Å². The van der Waals surface area contributed by atoms with Gasteiger partial charge in [-0.1, -0.05) is 12.8 Å². The third kappa shape index (κ3) is 5.39. The summed E-state index contributed by atoms with van der Waals surface area (Å²) in [6.45, 7) is -0.301. The highest BCUT2D eigenvalue weighted by atomic mass is 16.5. The number of esters is 2. The Morgan fingerprint density at radius 3 is 2.39 bits per heavy atom.